The lowest BCUT2D eigenvalue weighted by Gasteiger charge is -2.28. The minimum absolute atomic E-state index is 0.0157. The summed E-state index contributed by atoms with van der Waals surface area (Å²) in [5.41, 5.74) is 1.02. The van der Waals surface area contributed by atoms with Gasteiger partial charge in [0.05, 0.1) is 0 Å². The number of unbranched alkanes of at least 4 members (excludes halogenated alkanes) is 18. The van der Waals surface area contributed by atoms with Crippen molar-refractivity contribution in [2.45, 2.75) is 273 Å². The summed E-state index contributed by atoms with van der Waals surface area (Å²) in [5, 5.41) is 8.73. The maximum Gasteiger partial charge on any atom is 0.306 e. The van der Waals surface area contributed by atoms with Crippen molar-refractivity contribution in [1.82, 2.24) is 20.9 Å². The first kappa shape index (κ1) is 67.7. The Morgan fingerprint density at radius 3 is 1.37 bits per heavy atom. The molecule has 1 saturated heterocycles. The van der Waals surface area contributed by atoms with Crippen LogP contribution in [-0.2, 0) is 14.3 Å². The van der Waals surface area contributed by atoms with Crippen LogP contribution in [0, 0.1) is 11.8 Å². The number of ketones is 1. The number of esters is 1. The lowest BCUT2D eigenvalue weighted by atomic mass is 9.92. The van der Waals surface area contributed by atoms with Crippen LogP contribution in [0.5, 0.6) is 0 Å². The van der Waals surface area contributed by atoms with Gasteiger partial charge in [-0.1, -0.05) is 190 Å². The van der Waals surface area contributed by atoms with Gasteiger partial charge in [0.25, 0.3) is 17.7 Å². The number of rotatable bonds is 40. The van der Waals surface area contributed by atoms with Crippen molar-refractivity contribution in [2.24, 2.45) is 11.8 Å². The molecular formula is C61H112N4O6. The molecule has 0 aromatic heterocycles. The monoisotopic (exact) mass is 997 g/mol. The van der Waals surface area contributed by atoms with Gasteiger partial charge >= 0.3 is 5.97 Å². The number of Topliss-reactive ketones (excluding diaryl/α,β-unsaturated/α-hetero) is 1. The van der Waals surface area contributed by atoms with Gasteiger partial charge in [-0.05, 0) is 108 Å². The molecule has 0 radical (unpaired) electrons. The molecule has 2 unspecified atom stereocenters. The molecule has 2 atom stereocenters. The van der Waals surface area contributed by atoms with Crippen molar-refractivity contribution in [3.63, 3.8) is 0 Å². The molecule has 3 N–H and O–H groups in total. The fourth-order valence-electron chi connectivity index (χ4n) is 8.86. The summed E-state index contributed by atoms with van der Waals surface area (Å²) in [7, 11) is 2.11. The van der Waals surface area contributed by atoms with E-state index in [1.54, 1.807) is 18.2 Å². The number of amides is 3. The molecule has 412 valence electrons. The number of benzene rings is 1. The molecule has 3 amide bonds. The summed E-state index contributed by atoms with van der Waals surface area (Å²) >= 11 is 0. The molecule has 1 fully saturated rings. The highest BCUT2D eigenvalue weighted by molar-refractivity contribution is 6.04. The van der Waals surface area contributed by atoms with E-state index in [1.165, 1.54) is 128 Å². The first-order chi connectivity index (χ1) is 34.4. The molecule has 71 heavy (non-hydrogen) atoms. The molecule has 1 aliphatic rings. The van der Waals surface area contributed by atoms with Crippen molar-refractivity contribution in [3.8, 4) is 0 Å². The molecule has 1 aromatic rings. The normalized spacial score (nSPS) is 13.5. The van der Waals surface area contributed by atoms with Crippen LogP contribution in [0.15, 0.2) is 18.2 Å². The van der Waals surface area contributed by atoms with Gasteiger partial charge in [-0.15, -0.1) is 0 Å². The summed E-state index contributed by atoms with van der Waals surface area (Å²) in [6.07, 6.45) is 38.1. The van der Waals surface area contributed by atoms with E-state index in [2.05, 4.69) is 83.3 Å². The molecule has 1 aromatic carbocycles. The zero-order valence-corrected chi connectivity index (χ0v) is 47.7. The third-order valence-corrected chi connectivity index (χ3v) is 14.0. The van der Waals surface area contributed by atoms with Crippen molar-refractivity contribution in [3.05, 3.63) is 34.9 Å². The average Bonchev–Trinajstić information content (AvgIpc) is 3.37. The third-order valence-electron chi connectivity index (χ3n) is 14.0. The van der Waals surface area contributed by atoms with E-state index < -0.39 is 0 Å². The van der Waals surface area contributed by atoms with Crippen LogP contribution in [0.3, 0.4) is 0 Å². The van der Waals surface area contributed by atoms with E-state index in [0.29, 0.717) is 60.4 Å². The molecule has 0 bridgehead atoms. The molecule has 10 heteroatoms. The molecule has 1 aliphatic heterocycles. The van der Waals surface area contributed by atoms with Gasteiger partial charge in [-0.3, -0.25) is 24.0 Å². The number of hydrogen-bond donors (Lipinski definition) is 3. The van der Waals surface area contributed by atoms with Gasteiger partial charge in [-0.25, -0.2) is 0 Å². The standard InChI is InChI=1S/C24H38N4O3.C19H38O.C18H36O2/c1-4-6-10-25-22(29)19-14-20(23(30)26-11-7-5-2)16-21(15-19)24(31)27-17-18-8-12-28(3)13-9-18;1-4-7-9-10-11-12-14-16-19(20)17-18(6-3)15-13-8-5-2;1-4-7-9-10-11-12-14-16-18(19)20-17(6-3)15-13-8-5-2/h14-16,18H,4-13,17H2,1-3H3,(H,25,29)(H,26,30)(H,27,31);18H,4-17H2,1-3H3;17H,4-16H2,1-3H3. The van der Waals surface area contributed by atoms with E-state index in [0.717, 1.165) is 90.1 Å². The number of piperidine rings is 1. The summed E-state index contributed by atoms with van der Waals surface area (Å²) in [6, 6.07) is 4.72. The van der Waals surface area contributed by atoms with Gasteiger partial charge < -0.3 is 25.6 Å². The third kappa shape index (κ3) is 38.0. The Morgan fingerprint density at radius 2 is 0.915 bits per heavy atom. The lowest BCUT2D eigenvalue weighted by molar-refractivity contribution is -0.149. The Labute approximate surface area is 437 Å². The Kier molecular flexibility index (Phi) is 45.5. The maximum absolute atomic E-state index is 12.8. The van der Waals surface area contributed by atoms with E-state index in [1.807, 2.05) is 0 Å². The highest BCUT2D eigenvalue weighted by atomic mass is 16.5. The second-order valence-corrected chi connectivity index (χ2v) is 20.7. The zero-order chi connectivity index (χ0) is 52.7. The average molecular weight is 998 g/mol. The van der Waals surface area contributed by atoms with E-state index >= 15 is 0 Å². The topological polar surface area (TPSA) is 134 Å². The predicted octanol–water partition coefficient (Wildman–Crippen LogP) is 15.5. The Balaban J connectivity index is 0.00000108. The number of nitrogens with one attached hydrogen (secondary N) is 3. The van der Waals surface area contributed by atoms with Crippen LogP contribution >= 0.6 is 0 Å². The van der Waals surface area contributed by atoms with Crippen LogP contribution in [-0.4, -0.2) is 80.2 Å². The van der Waals surface area contributed by atoms with Crippen molar-refractivity contribution in [2.75, 3.05) is 39.8 Å². The lowest BCUT2D eigenvalue weighted by Crippen LogP contribution is -2.37. The molecule has 10 nitrogen and oxygen atoms in total. The van der Waals surface area contributed by atoms with Crippen LogP contribution in [0.1, 0.15) is 298 Å². The second kappa shape index (κ2) is 47.7. The molecular weight excluding hydrogens is 885 g/mol. The molecule has 0 aliphatic carbocycles. The van der Waals surface area contributed by atoms with Gasteiger partial charge in [0.1, 0.15) is 11.9 Å². The summed E-state index contributed by atoms with van der Waals surface area (Å²) in [6.45, 7) is 21.2. The van der Waals surface area contributed by atoms with Crippen molar-refractivity contribution in [1.29, 1.82) is 0 Å². The minimum Gasteiger partial charge on any atom is -0.462 e. The van der Waals surface area contributed by atoms with Crippen LogP contribution in [0.2, 0.25) is 0 Å². The highest BCUT2D eigenvalue weighted by Gasteiger charge is 2.20. The van der Waals surface area contributed by atoms with E-state index in [4.69, 9.17) is 4.74 Å². The Bertz CT molecular complexity index is 1390. The van der Waals surface area contributed by atoms with Crippen molar-refractivity contribution < 1.29 is 28.7 Å². The number of nitrogens with zero attached hydrogens (tertiary/aromatic N) is 1. The van der Waals surface area contributed by atoms with Crippen LogP contribution in [0.25, 0.3) is 0 Å². The molecule has 0 spiro atoms. The Hall–Kier alpha value is -3.27. The minimum atomic E-state index is -0.263. The number of hydrogen-bond acceptors (Lipinski definition) is 7. The maximum atomic E-state index is 12.8. The molecule has 2 rings (SSSR count). The highest BCUT2D eigenvalue weighted by Crippen LogP contribution is 2.21. The smallest absolute Gasteiger partial charge is 0.306 e. The second-order valence-electron chi connectivity index (χ2n) is 20.7. The largest absolute Gasteiger partial charge is 0.462 e. The van der Waals surface area contributed by atoms with Gasteiger partial charge in [-0.2, -0.15) is 0 Å². The van der Waals surface area contributed by atoms with E-state index in [-0.39, 0.29) is 29.8 Å². The summed E-state index contributed by atoms with van der Waals surface area (Å²) < 4.78 is 5.55. The quantitative estimate of drug-likeness (QED) is 0.0440. The predicted molar refractivity (Wildman–Crippen MR) is 301 cm³/mol. The number of carbonyl (C=O) groups excluding carboxylic acids is 5. The number of likely N-dealkylation sites (tertiary alicyclic amines) is 1. The summed E-state index contributed by atoms with van der Waals surface area (Å²) in [4.78, 5) is 64.0. The first-order valence-corrected chi connectivity index (χ1v) is 29.8. The van der Waals surface area contributed by atoms with Gasteiger partial charge in [0.2, 0.25) is 0 Å². The number of ether oxygens (including phenoxy) is 1. The molecule has 0 saturated carbocycles. The van der Waals surface area contributed by atoms with Crippen LogP contribution < -0.4 is 16.0 Å². The van der Waals surface area contributed by atoms with Gasteiger partial charge in [0.15, 0.2) is 0 Å². The SMILES string of the molecule is CCCCCCCCCC(=O)CC(CC)CCCCC.CCCCCCCCCC(=O)OC(CC)CCCCC.CCCCNC(=O)c1cc(C(=O)NCCCC)cc(C(=O)NCC2CCN(C)CC2)c1. The first-order valence-electron chi connectivity index (χ1n) is 29.8. The van der Waals surface area contributed by atoms with E-state index in [9.17, 15) is 24.0 Å². The molecule has 1 heterocycles. The van der Waals surface area contributed by atoms with Crippen LogP contribution in [0.4, 0.5) is 0 Å². The zero-order valence-electron chi connectivity index (χ0n) is 47.7. The summed E-state index contributed by atoms with van der Waals surface area (Å²) in [5.74, 6) is 0.867. The van der Waals surface area contributed by atoms with Gasteiger partial charge in [0, 0.05) is 55.6 Å². The fourth-order valence-corrected chi connectivity index (χ4v) is 8.86. The Morgan fingerprint density at radius 1 is 0.507 bits per heavy atom. The fraction of sp³-hybridized carbons (Fsp3) is 0.820. The number of carbonyl (C=O) groups is 5. The van der Waals surface area contributed by atoms with Crippen molar-refractivity contribution >= 4 is 29.5 Å².